The molecule has 0 aliphatic carbocycles. The van der Waals surface area contributed by atoms with Gasteiger partial charge in [-0.1, -0.05) is 47.1 Å². The zero-order valence-electron chi connectivity index (χ0n) is 11.0. The van der Waals surface area contributed by atoms with E-state index in [0.717, 1.165) is 11.1 Å². The summed E-state index contributed by atoms with van der Waals surface area (Å²) in [7, 11) is 0. The van der Waals surface area contributed by atoms with Crippen molar-refractivity contribution >= 4 is 17.4 Å². The maximum atomic E-state index is 8.82. The van der Waals surface area contributed by atoms with E-state index in [4.69, 9.17) is 27.3 Å². The molecule has 0 atom stereocenters. The predicted molar refractivity (Wildman–Crippen MR) is 79.5 cm³/mol. The molecular formula is C15H15ClN2O2. The number of halogens is 1. The number of aryl methyl sites for hydroxylation is 1. The summed E-state index contributed by atoms with van der Waals surface area (Å²) in [6, 6.07) is 13.1. The van der Waals surface area contributed by atoms with Gasteiger partial charge in [-0.3, -0.25) is 0 Å². The van der Waals surface area contributed by atoms with Crippen molar-refractivity contribution < 1.29 is 9.94 Å². The third kappa shape index (κ3) is 3.03. The Morgan fingerprint density at radius 3 is 2.70 bits per heavy atom. The minimum atomic E-state index is -0.0737. The highest BCUT2D eigenvalue weighted by molar-refractivity contribution is 6.34. The smallest absolute Gasteiger partial charge is 0.175 e. The van der Waals surface area contributed by atoms with Gasteiger partial charge in [0.05, 0.1) is 10.6 Å². The van der Waals surface area contributed by atoms with Crippen LogP contribution in [-0.2, 0) is 6.61 Å². The highest BCUT2D eigenvalue weighted by Gasteiger charge is 2.13. The summed E-state index contributed by atoms with van der Waals surface area (Å²) in [4.78, 5) is 0. The standard InChI is InChI=1S/C15H15ClN2O2/c1-10-5-2-3-6-11(10)9-20-13-8-4-7-12(16)14(13)15(17)18-19/h2-8,19H,9H2,1H3,(H2,17,18). The molecule has 3 N–H and O–H groups in total. The highest BCUT2D eigenvalue weighted by atomic mass is 35.5. The fourth-order valence-corrected chi connectivity index (χ4v) is 2.11. The molecule has 0 saturated carbocycles. The lowest BCUT2D eigenvalue weighted by Crippen LogP contribution is -2.15. The summed E-state index contributed by atoms with van der Waals surface area (Å²) in [5.41, 5.74) is 8.23. The summed E-state index contributed by atoms with van der Waals surface area (Å²) >= 11 is 6.06. The van der Waals surface area contributed by atoms with E-state index >= 15 is 0 Å². The van der Waals surface area contributed by atoms with Crippen LogP contribution in [0.3, 0.4) is 0 Å². The van der Waals surface area contributed by atoms with Crippen molar-refractivity contribution in [2.45, 2.75) is 13.5 Å². The number of oxime groups is 1. The number of hydrogen-bond donors (Lipinski definition) is 2. The topological polar surface area (TPSA) is 67.8 Å². The molecule has 104 valence electrons. The molecule has 2 aromatic rings. The van der Waals surface area contributed by atoms with Gasteiger partial charge in [0.2, 0.25) is 0 Å². The molecule has 0 saturated heterocycles. The number of ether oxygens (including phenoxy) is 1. The SMILES string of the molecule is Cc1ccccc1COc1cccc(Cl)c1/C(N)=N/O. The third-order valence-corrected chi connectivity index (χ3v) is 3.30. The van der Waals surface area contributed by atoms with Crippen LogP contribution in [0.25, 0.3) is 0 Å². The van der Waals surface area contributed by atoms with E-state index in [1.165, 1.54) is 0 Å². The van der Waals surface area contributed by atoms with Gasteiger partial charge in [-0.25, -0.2) is 0 Å². The molecule has 2 aromatic carbocycles. The van der Waals surface area contributed by atoms with Crippen molar-refractivity contribution in [3.8, 4) is 5.75 Å². The maximum Gasteiger partial charge on any atom is 0.175 e. The van der Waals surface area contributed by atoms with Crippen LogP contribution in [0.4, 0.5) is 0 Å². The molecule has 0 fully saturated rings. The summed E-state index contributed by atoms with van der Waals surface area (Å²) in [5, 5.41) is 12.2. The lowest BCUT2D eigenvalue weighted by Gasteiger charge is -2.13. The minimum absolute atomic E-state index is 0.0737. The van der Waals surface area contributed by atoms with Crippen LogP contribution in [0.15, 0.2) is 47.6 Å². The summed E-state index contributed by atoms with van der Waals surface area (Å²) in [6.07, 6.45) is 0. The van der Waals surface area contributed by atoms with Crippen molar-refractivity contribution in [1.82, 2.24) is 0 Å². The van der Waals surface area contributed by atoms with Crippen molar-refractivity contribution in [1.29, 1.82) is 0 Å². The van der Waals surface area contributed by atoms with Gasteiger partial charge in [-0.05, 0) is 30.2 Å². The Morgan fingerprint density at radius 2 is 2.00 bits per heavy atom. The Labute approximate surface area is 122 Å². The number of nitrogens with two attached hydrogens (primary N) is 1. The fraction of sp³-hybridized carbons (Fsp3) is 0.133. The zero-order chi connectivity index (χ0) is 14.5. The van der Waals surface area contributed by atoms with Gasteiger partial charge in [0.15, 0.2) is 5.84 Å². The highest BCUT2D eigenvalue weighted by Crippen LogP contribution is 2.27. The van der Waals surface area contributed by atoms with Crippen molar-refractivity contribution in [2.24, 2.45) is 10.9 Å². The van der Waals surface area contributed by atoms with Crippen LogP contribution in [0.1, 0.15) is 16.7 Å². The molecule has 2 rings (SSSR count). The fourth-order valence-electron chi connectivity index (χ4n) is 1.85. The van der Waals surface area contributed by atoms with E-state index in [9.17, 15) is 0 Å². The van der Waals surface area contributed by atoms with Crippen LogP contribution in [-0.4, -0.2) is 11.0 Å². The summed E-state index contributed by atoms with van der Waals surface area (Å²) in [6.45, 7) is 2.40. The number of benzene rings is 2. The largest absolute Gasteiger partial charge is 0.488 e. The lowest BCUT2D eigenvalue weighted by atomic mass is 10.1. The van der Waals surface area contributed by atoms with E-state index in [1.807, 2.05) is 31.2 Å². The van der Waals surface area contributed by atoms with E-state index in [2.05, 4.69) is 5.16 Å². The molecule has 0 aliphatic rings. The molecule has 0 heterocycles. The molecule has 0 spiro atoms. The minimum Gasteiger partial charge on any atom is -0.488 e. The third-order valence-electron chi connectivity index (χ3n) is 2.98. The van der Waals surface area contributed by atoms with Crippen LogP contribution in [0.2, 0.25) is 5.02 Å². The second kappa shape index (κ2) is 6.30. The Hall–Kier alpha value is -2.20. The van der Waals surface area contributed by atoms with Crippen LogP contribution < -0.4 is 10.5 Å². The quantitative estimate of drug-likeness (QED) is 0.393. The lowest BCUT2D eigenvalue weighted by molar-refractivity contribution is 0.302. The second-order valence-corrected chi connectivity index (χ2v) is 4.72. The number of amidine groups is 1. The average molecular weight is 291 g/mol. The number of nitrogens with zero attached hydrogens (tertiary/aromatic N) is 1. The Morgan fingerprint density at radius 1 is 1.25 bits per heavy atom. The molecule has 0 aromatic heterocycles. The maximum absolute atomic E-state index is 8.82. The molecule has 0 unspecified atom stereocenters. The first-order valence-corrected chi connectivity index (χ1v) is 6.45. The Bertz CT molecular complexity index is 642. The number of hydrogen-bond acceptors (Lipinski definition) is 3. The van der Waals surface area contributed by atoms with Crippen LogP contribution in [0.5, 0.6) is 5.75 Å². The first-order chi connectivity index (χ1) is 9.63. The van der Waals surface area contributed by atoms with E-state index in [1.54, 1.807) is 18.2 Å². The van der Waals surface area contributed by atoms with E-state index in [-0.39, 0.29) is 5.84 Å². The molecule has 0 aliphatic heterocycles. The molecule has 0 bridgehead atoms. The Balaban J connectivity index is 2.27. The van der Waals surface area contributed by atoms with Gasteiger partial charge < -0.3 is 15.7 Å². The molecule has 0 radical (unpaired) electrons. The molecule has 20 heavy (non-hydrogen) atoms. The van der Waals surface area contributed by atoms with Gasteiger partial charge in [0.1, 0.15) is 12.4 Å². The Kier molecular flexibility index (Phi) is 4.48. The first kappa shape index (κ1) is 14.2. The average Bonchev–Trinajstić information content (AvgIpc) is 2.46. The van der Waals surface area contributed by atoms with E-state index in [0.29, 0.717) is 22.9 Å². The van der Waals surface area contributed by atoms with Gasteiger partial charge in [0, 0.05) is 0 Å². The molecule has 5 heteroatoms. The van der Waals surface area contributed by atoms with Gasteiger partial charge in [-0.2, -0.15) is 0 Å². The number of rotatable bonds is 4. The van der Waals surface area contributed by atoms with Gasteiger partial charge >= 0.3 is 0 Å². The van der Waals surface area contributed by atoms with Crippen LogP contribution >= 0.6 is 11.6 Å². The predicted octanol–water partition coefficient (Wildman–Crippen LogP) is 3.32. The zero-order valence-corrected chi connectivity index (χ0v) is 11.8. The van der Waals surface area contributed by atoms with Crippen molar-refractivity contribution in [2.75, 3.05) is 0 Å². The molecule has 4 nitrogen and oxygen atoms in total. The van der Waals surface area contributed by atoms with Crippen LogP contribution in [0, 0.1) is 6.92 Å². The van der Waals surface area contributed by atoms with E-state index < -0.39 is 0 Å². The normalized spacial score (nSPS) is 11.4. The monoisotopic (exact) mass is 290 g/mol. The van der Waals surface area contributed by atoms with Crippen molar-refractivity contribution in [3.05, 3.63) is 64.2 Å². The molecule has 0 amide bonds. The second-order valence-electron chi connectivity index (χ2n) is 4.31. The first-order valence-electron chi connectivity index (χ1n) is 6.07. The summed E-state index contributed by atoms with van der Waals surface area (Å²) in [5.74, 6) is 0.409. The van der Waals surface area contributed by atoms with Crippen molar-refractivity contribution in [3.63, 3.8) is 0 Å². The summed E-state index contributed by atoms with van der Waals surface area (Å²) < 4.78 is 5.75. The van der Waals surface area contributed by atoms with Gasteiger partial charge in [0.25, 0.3) is 0 Å². The molecular weight excluding hydrogens is 276 g/mol. The van der Waals surface area contributed by atoms with Gasteiger partial charge in [-0.15, -0.1) is 0 Å².